The Kier molecular flexibility index (Phi) is 6.56. The first-order valence-electron chi connectivity index (χ1n) is 7.14. The molecule has 0 aliphatic heterocycles. The first-order chi connectivity index (χ1) is 10.3. The number of carbonyl (C=O) groups excluding carboxylic acids is 3. The molecule has 6 heteroatoms. The molecule has 0 saturated heterocycles. The molecule has 1 aromatic carbocycles. The molecular weight excluding hydrogens is 284 g/mol. The first-order valence-corrected chi connectivity index (χ1v) is 7.14. The Morgan fingerprint density at radius 3 is 2.23 bits per heavy atom. The lowest BCUT2D eigenvalue weighted by Gasteiger charge is -2.22. The number of hydrogen-bond acceptors (Lipinski definition) is 4. The van der Waals surface area contributed by atoms with Crippen molar-refractivity contribution in [2.45, 2.75) is 39.3 Å². The standard InChI is InChI=1S/C16H22N2O4/c1-10(2)15(9-19)18-16(22)14(17-11(3)20)8-12-4-6-13(21)7-5-12/h4-7,9-10,14-15,21H,8H2,1-3H3,(H,17,20)(H,18,22)/t14-,15+/m0/s1. The topological polar surface area (TPSA) is 95.5 Å². The van der Waals surface area contributed by atoms with Gasteiger partial charge in [0.2, 0.25) is 11.8 Å². The molecule has 0 bridgehead atoms. The fourth-order valence-corrected chi connectivity index (χ4v) is 1.95. The second kappa shape index (κ2) is 8.17. The number of benzene rings is 1. The van der Waals surface area contributed by atoms with Gasteiger partial charge < -0.3 is 20.5 Å². The number of nitrogens with one attached hydrogen (secondary N) is 2. The molecule has 0 aliphatic carbocycles. The van der Waals surface area contributed by atoms with E-state index in [-0.39, 0.29) is 24.0 Å². The third-order valence-electron chi connectivity index (χ3n) is 3.24. The lowest BCUT2D eigenvalue weighted by Crippen LogP contribution is -2.51. The second-order valence-electron chi connectivity index (χ2n) is 5.54. The van der Waals surface area contributed by atoms with E-state index in [4.69, 9.17) is 0 Å². The minimum Gasteiger partial charge on any atom is -0.508 e. The maximum absolute atomic E-state index is 12.3. The maximum atomic E-state index is 12.3. The van der Waals surface area contributed by atoms with Crippen molar-refractivity contribution in [2.75, 3.05) is 0 Å². The van der Waals surface area contributed by atoms with Crippen LogP contribution in [0, 0.1) is 5.92 Å². The zero-order valence-corrected chi connectivity index (χ0v) is 13.0. The molecule has 2 atom stereocenters. The lowest BCUT2D eigenvalue weighted by atomic mass is 10.0. The Balaban J connectivity index is 2.82. The summed E-state index contributed by atoms with van der Waals surface area (Å²) in [6, 6.07) is 5.02. The van der Waals surface area contributed by atoms with Crippen molar-refractivity contribution in [3.8, 4) is 5.75 Å². The van der Waals surface area contributed by atoms with Gasteiger partial charge in [-0.3, -0.25) is 9.59 Å². The molecule has 120 valence electrons. The normalized spacial score (nSPS) is 13.3. The van der Waals surface area contributed by atoms with Crippen LogP contribution >= 0.6 is 0 Å². The average Bonchev–Trinajstić information content (AvgIpc) is 2.45. The van der Waals surface area contributed by atoms with Crippen molar-refractivity contribution in [1.82, 2.24) is 10.6 Å². The number of phenols is 1. The number of rotatable bonds is 7. The highest BCUT2D eigenvalue weighted by Crippen LogP contribution is 2.12. The van der Waals surface area contributed by atoms with E-state index in [0.717, 1.165) is 5.56 Å². The smallest absolute Gasteiger partial charge is 0.243 e. The molecule has 0 unspecified atom stereocenters. The summed E-state index contributed by atoms with van der Waals surface area (Å²) in [7, 11) is 0. The van der Waals surface area contributed by atoms with E-state index in [2.05, 4.69) is 10.6 Å². The van der Waals surface area contributed by atoms with Crippen LogP contribution in [0.15, 0.2) is 24.3 Å². The highest BCUT2D eigenvalue weighted by atomic mass is 16.3. The molecule has 0 aromatic heterocycles. The van der Waals surface area contributed by atoms with Gasteiger partial charge in [0.15, 0.2) is 0 Å². The van der Waals surface area contributed by atoms with E-state index in [1.54, 1.807) is 12.1 Å². The van der Waals surface area contributed by atoms with E-state index >= 15 is 0 Å². The molecule has 1 aromatic rings. The Bertz CT molecular complexity index is 525. The minimum absolute atomic E-state index is 0.0342. The predicted molar refractivity (Wildman–Crippen MR) is 82.2 cm³/mol. The maximum Gasteiger partial charge on any atom is 0.243 e. The summed E-state index contributed by atoms with van der Waals surface area (Å²) >= 11 is 0. The summed E-state index contributed by atoms with van der Waals surface area (Å²) in [6.07, 6.45) is 0.962. The van der Waals surface area contributed by atoms with Crippen LogP contribution in [0.25, 0.3) is 0 Å². The molecule has 0 aliphatic rings. The number of aldehydes is 1. The molecule has 6 nitrogen and oxygen atoms in total. The zero-order valence-electron chi connectivity index (χ0n) is 13.0. The van der Waals surface area contributed by atoms with Crippen molar-refractivity contribution in [3.05, 3.63) is 29.8 Å². The van der Waals surface area contributed by atoms with Gasteiger partial charge in [-0.25, -0.2) is 0 Å². The van der Waals surface area contributed by atoms with Crippen molar-refractivity contribution < 1.29 is 19.5 Å². The molecule has 0 heterocycles. The van der Waals surface area contributed by atoms with Gasteiger partial charge in [-0.05, 0) is 23.6 Å². The number of amides is 2. The quantitative estimate of drug-likeness (QED) is 0.649. The van der Waals surface area contributed by atoms with Crippen LogP contribution in [0.3, 0.4) is 0 Å². The van der Waals surface area contributed by atoms with E-state index in [1.165, 1.54) is 19.1 Å². The SMILES string of the molecule is CC(=O)N[C@@H](Cc1ccc(O)cc1)C(=O)N[C@H](C=O)C(C)C. The fraction of sp³-hybridized carbons (Fsp3) is 0.438. The molecular formula is C16H22N2O4. The number of hydrogen-bond donors (Lipinski definition) is 3. The van der Waals surface area contributed by atoms with Gasteiger partial charge in [0.05, 0.1) is 6.04 Å². The molecule has 0 radical (unpaired) electrons. The molecule has 1 rings (SSSR count). The Labute approximate surface area is 129 Å². The summed E-state index contributed by atoms with van der Waals surface area (Å²) in [5, 5.41) is 14.5. The summed E-state index contributed by atoms with van der Waals surface area (Å²) in [6.45, 7) is 4.98. The first kappa shape index (κ1) is 17.7. The van der Waals surface area contributed by atoms with Crippen LogP contribution in [0.5, 0.6) is 5.75 Å². The summed E-state index contributed by atoms with van der Waals surface area (Å²) in [5.41, 5.74) is 0.791. The molecule has 0 spiro atoms. The van der Waals surface area contributed by atoms with E-state index in [9.17, 15) is 19.5 Å². The highest BCUT2D eigenvalue weighted by molar-refractivity contribution is 5.88. The summed E-state index contributed by atoms with van der Waals surface area (Å²) in [5.74, 6) is -0.640. The molecule has 0 fully saturated rings. The van der Waals surface area contributed by atoms with Crippen molar-refractivity contribution >= 4 is 18.1 Å². The van der Waals surface area contributed by atoms with Crippen LogP contribution in [0.1, 0.15) is 26.3 Å². The Morgan fingerprint density at radius 2 is 1.77 bits per heavy atom. The zero-order chi connectivity index (χ0) is 16.7. The van der Waals surface area contributed by atoms with E-state index in [1.807, 2.05) is 13.8 Å². The fourth-order valence-electron chi connectivity index (χ4n) is 1.95. The van der Waals surface area contributed by atoms with Crippen LogP contribution in [-0.4, -0.2) is 35.3 Å². The third-order valence-corrected chi connectivity index (χ3v) is 3.24. The minimum atomic E-state index is -0.775. The largest absolute Gasteiger partial charge is 0.508 e. The Morgan fingerprint density at radius 1 is 1.18 bits per heavy atom. The van der Waals surface area contributed by atoms with Crippen LogP contribution in [0.2, 0.25) is 0 Å². The van der Waals surface area contributed by atoms with Crippen molar-refractivity contribution in [3.63, 3.8) is 0 Å². The summed E-state index contributed by atoms with van der Waals surface area (Å²) < 4.78 is 0. The van der Waals surface area contributed by atoms with Gasteiger partial charge in [-0.1, -0.05) is 26.0 Å². The number of carbonyl (C=O) groups is 3. The summed E-state index contributed by atoms with van der Waals surface area (Å²) in [4.78, 5) is 34.6. The molecule has 22 heavy (non-hydrogen) atoms. The van der Waals surface area contributed by atoms with Crippen molar-refractivity contribution in [2.24, 2.45) is 5.92 Å². The molecule has 2 amide bonds. The lowest BCUT2D eigenvalue weighted by molar-refractivity contribution is -0.129. The Hall–Kier alpha value is -2.37. The highest BCUT2D eigenvalue weighted by Gasteiger charge is 2.23. The number of phenolic OH excluding ortho intramolecular Hbond substituents is 1. The molecule has 0 saturated carbocycles. The second-order valence-corrected chi connectivity index (χ2v) is 5.54. The monoisotopic (exact) mass is 306 g/mol. The van der Waals surface area contributed by atoms with Gasteiger partial charge in [-0.15, -0.1) is 0 Å². The van der Waals surface area contributed by atoms with Crippen LogP contribution in [-0.2, 0) is 20.8 Å². The van der Waals surface area contributed by atoms with E-state index in [0.29, 0.717) is 6.29 Å². The van der Waals surface area contributed by atoms with Gasteiger partial charge in [0, 0.05) is 13.3 Å². The van der Waals surface area contributed by atoms with Crippen molar-refractivity contribution in [1.29, 1.82) is 0 Å². The van der Waals surface area contributed by atoms with Gasteiger partial charge in [0.1, 0.15) is 18.1 Å². The molecule has 3 N–H and O–H groups in total. The van der Waals surface area contributed by atoms with Crippen LogP contribution < -0.4 is 10.6 Å². The van der Waals surface area contributed by atoms with Gasteiger partial charge in [-0.2, -0.15) is 0 Å². The third kappa shape index (κ3) is 5.55. The van der Waals surface area contributed by atoms with E-state index < -0.39 is 18.0 Å². The number of aromatic hydroxyl groups is 1. The predicted octanol–water partition coefficient (Wildman–Crippen LogP) is 0.779. The van der Waals surface area contributed by atoms with Crippen LogP contribution in [0.4, 0.5) is 0 Å². The van der Waals surface area contributed by atoms with Gasteiger partial charge in [0.25, 0.3) is 0 Å². The average molecular weight is 306 g/mol. The van der Waals surface area contributed by atoms with Gasteiger partial charge >= 0.3 is 0 Å².